The molecule has 4 rings (SSSR count). The van der Waals surface area contributed by atoms with Gasteiger partial charge in [-0.15, -0.1) is 0 Å². The van der Waals surface area contributed by atoms with Crippen molar-refractivity contribution in [1.82, 2.24) is 4.90 Å². The zero-order valence-electron chi connectivity index (χ0n) is 18.1. The third-order valence-corrected chi connectivity index (χ3v) is 5.57. The SMILES string of the molecule is c1ccc(Oc2cccc(NCc3ccc(OCCCN4CCCCC4)cc3)c2)cc1. The lowest BCUT2D eigenvalue weighted by molar-refractivity contribution is 0.205. The van der Waals surface area contributed by atoms with Crippen LogP contribution in [0.4, 0.5) is 5.69 Å². The van der Waals surface area contributed by atoms with Crippen LogP contribution in [0.2, 0.25) is 0 Å². The van der Waals surface area contributed by atoms with E-state index in [-0.39, 0.29) is 0 Å². The topological polar surface area (TPSA) is 33.7 Å². The van der Waals surface area contributed by atoms with E-state index < -0.39 is 0 Å². The lowest BCUT2D eigenvalue weighted by atomic mass is 10.1. The number of piperidine rings is 1. The van der Waals surface area contributed by atoms with Gasteiger partial charge in [-0.1, -0.05) is 42.8 Å². The summed E-state index contributed by atoms with van der Waals surface area (Å²) in [6, 6.07) is 26.3. The number of nitrogens with zero attached hydrogens (tertiary/aromatic N) is 1. The number of para-hydroxylation sites is 1. The Bertz CT molecular complexity index is 906. The van der Waals surface area contributed by atoms with Crippen molar-refractivity contribution in [3.63, 3.8) is 0 Å². The van der Waals surface area contributed by atoms with E-state index in [0.717, 1.165) is 49.1 Å². The van der Waals surface area contributed by atoms with Gasteiger partial charge < -0.3 is 19.7 Å². The van der Waals surface area contributed by atoms with Crippen LogP contribution in [0.15, 0.2) is 78.9 Å². The number of rotatable bonds is 10. The van der Waals surface area contributed by atoms with E-state index in [9.17, 15) is 0 Å². The van der Waals surface area contributed by atoms with Gasteiger partial charge in [0, 0.05) is 24.8 Å². The van der Waals surface area contributed by atoms with Crippen molar-refractivity contribution < 1.29 is 9.47 Å². The molecule has 0 atom stereocenters. The van der Waals surface area contributed by atoms with Gasteiger partial charge in [-0.25, -0.2) is 0 Å². The highest BCUT2D eigenvalue weighted by atomic mass is 16.5. The Hall–Kier alpha value is -2.98. The highest BCUT2D eigenvalue weighted by molar-refractivity contribution is 5.49. The first-order valence-electron chi connectivity index (χ1n) is 11.4. The number of nitrogens with one attached hydrogen (secondary N) is 1. The quantitative estimate of drug-likeness (QED) is 0.391. The summed E-state index contributed by atoms with van der Waals surface area (Å²) in [6.45, 7) is 5.19. The molecule has 0 saturated carbocycles. The van der Waals surface area contributed by atoms with Crippen molar-refractivity contribution in [2.45, 2.75) is 32.2 Å². The summed E-state index contributed by atoms with van der Waals surface area (Å²) in [5, 5.41) is 3.47. The monoisotopic (exact) mass is 416 g/mol. The van der Waals surface area contributed by atoms with Gasteiger partial charge >= 0.3 is 0 Å². The molecule has 1 aliphatic heterocycles. The fourth-order valence-corrected chi connectivity index (χ4v) is 3.86. The van der Waals surface area contributed by atoms with Crippen molar-refractivity contribution in [3.8, 4) is 17.2 Å². The molecule has 0 unspecified atom stereocenters. The summed E-state index contributed by atoms with van der Waals surface area (Å²) in [6.07, 6.45) is 5.17. The normalized spacial score (nSPS) is 14.2. The fraction of sp³-hybridized carbons (Fsp3) is 0.333. The largest absolute Gasteiger partial charge is 0.494 e. The average Bonchev–Trinajstić information content (AvgIpc) is 2.83. The molecule has 4 nitrogen and oxygen atoms in total. The van der Waals surface area contributed by atoms with Gasteiger partial charge in [0.25, 0.3) is 0 Å². The predicted octanol–water partition coefficient (Wildman–Crippen LogP) is 6.35. The van der Waals surface area contributed by atoms with E-state index in [1.165, 1.54) is 37.9 Å². The second-order valence-corrected chi connectivity index (χ2v) is 8.04. The van der Waals surface area contributed by atoms with Gasteiger partial charge in [0.2, 0.25) is 0 Å². The molecule has 0 spiro atoms. The van der Waals surface area contributed by atoms with Gasteiger partial charge in [0.05, 0.1) is 6.61 Å². The Morgan fingerprint density at radius 1 is 0.742 bits per heavy atom. The molecule has 1 saturated heterocycles. The molecule has 1 heterocycles. The van der Waals surface area contributed by atoms with E-state index in [4.69, 9.17) is 9.47 Å². The van der Waals surface area contributed by atoms with E-state index in [1.54, 1.807) is 0 Å². The summed E-state index contributed by atoms with van der Waals surface area (Å²) in [5.41, 5.74) is 2.25. The summed E-state index contributed by atoms with van der Waals surface area (Å²) in [7, 11) is 0. The second kappa shape index (κ2) is 11.4. The number of anilines is 1. The number of hydrogen-bond donors (Lipinski definition) is 1. The van der Waals surface area contributed by atoms with Crippen LogP contribution in [0.1, 0.15) is 31.2 Å². The fourth-order valence-electron chi connectivity index (χ4n) is 3.86. The maximum absolute atomic E-state index is 5.92. The Balaban J connectivity index is 1.20. The highest BCUT2D eigenvalue weighted by Gasteiger charge is 2.09. The number of ether oxygens (including phenoxy) is 2. The molecule has 4 heteroatoms. The average molecular weight is 417 g/mol. The van der Waals surface area contributed by atoms with E-state index in [2.05, 4.69) is 40.5 Å². The standard InChI is InChI=1S/C27H32N2O2/c1-3-10-26(11-4-1)31-27-12-7-9-24(21-27)28-22-23-13-15-25(16-14-23)30-20-8-19-29-17-5-2-6-18-29/h1,3-4,7,9-16,21,28H,2,5-6,8,17-20,22H2. The van der Waals surface area contributed by atoms with Crippen LogP contribution in [0.3, 0.4) is 0 Å². The minimum Gasteiger partial charge on any atom is -0.494 e. The Morgan fingerprint density at radius 2 is 1.52 bits per heavy atom. The Kier molecular flexibility index (Phi) is 7.83. The van der Waals surface area contributed by atoms with Crippen molar-refractivity contribution in [2.24, 2.45) is 0 Å². The zero-order chi connectivity index (χ0) is 21.1. The van der Waals surface area contributed by atoms with Crippen molar-refractivity contribution in [1.29, 1.82) is 0 Å². The number of likely N-dealkylation sites (tertiary alicyclic amines) is 1. The van der Waals surface area contributed by atoms with Gasteiger partial charge in [-0.3, -0.25) is 0 Å². The molecule has 0 amide bonds. The van der Waals surface area contributed by atoms with E-state index >= 15 is 0 Å². The molecule has 0 radical (unpaired) electrons. The molecule has 0 aromatic heterocycles. The minimum absolute atomic E-state index is 0.754. The predicted molar refractivity (Wildman–Crippen MR) is 127 cm³/mol. The van der Waals surface area contributed by atoms with Gasteiger partial charge in [0.15, 0.2) is 0 Å². The summed E-state index contributed by atoms with van der Waals surface area (Å²) < 4.78 is 11.8. The van der Waals surface area contributed by atoms with Crippen LogP contribution in [-0.4, -0.2) is 31.1 Å². The molecule has 0 aliphatic carbocycles. The molecular weight excluding hydrogens is 384 g/mol. The lowest BCUT2D eigenvalue weighted by Gasteiger charge is -2.26. The van der Waals surface area contributed by atoms with E-state index in [1.807, 2.05) is 48.5 Å². The molecule has 1 N–H and O–H groups in total. The maximum Gasteiger partial charge on any atom is 0.129 e. The van der Waals surface area contributed by atoms with Crippen LogP contribution in [-0.2, 0) is 6.54 Å². The minimum atomic E-state index is 0.754. The summed E-state index contributed by atoms with van der Waals surface area (Å²) >= 11 is 0. The molecule has 0 bridgehead atoms. The molecule has 1 aliphatic rings. The Morgan fingerprint density at radius 3 is 2.32 bits per heavy atom. The van der Waals surface area contributed by atoms with Crippen LogP contribution < -0.4 is 14.8 Å². The van der Waals surface area contributed by atoms with Gasteiger partial charge in [-0.2, -0.15) is 0 Å². The van der Waals surface area contributed by atoms with Crippen LogP contribution in [0, 0.1) is 0 Å². The Labute approximate surface area is 185 Å². The molecule has 3 aromatic carbocycles. The first-order chi connectivity index (χ1) is 15.3. The van der Waals surface area contributed by atoms with Crippen molar-refractivity contribution in [2.75, 3.05) is 31.6 Å². The van der Waals surface area contributed by atoms with Crippen LogP contribution in [0.5, 0.6) is 17.2 Å². The summed E-state index contributed by atoms with van der Waals surface area (Å²) in [4.78, 5) is 2.56. The van der Waals surface area contributed by atoms with Crippen molar-refractivity contribution >= 4 is 5.69 Å². The molecular formula is C27H32N2O2. The van der Waals surface area contributed by atoms with Crippen molar-refractivity contribution in [3.05, 3.63) is 84.4 Å². The zero-order valence-corrected chi connectivity index (χ0v) is 18.1. The maximum atomic E-state index is 5.92. The molecule has 162 valence electrons. The summed E-state index contributed by atoms with van der Waals surface area (Å²) in [5.74, 6) is 2.61. The smallest absolute Gasteiger partial charge is 0.129 e. The molecule has 1 fully saturated rings. The number of benzene rings is 3. The van der Waals surface area contributed by atoms with Gasteiger partial charge in [-0.05, 0) is 74.3 Å². The first kappa shape index (κ1) is 21.3. The molecule has 3 aromatic rings. The highest BCUT2D eigenvalue weighted by Crippen LogP contribution is 2.24. The number of hydrogen-bond acceptors (Lipinski definition) is 4. The van der Waals surface area contributed by atoms with Crippen LogP contribution in [0.25, 0.3) is 0 Å². The van der Waals surface area contributed by atoms with Crippen LogP contribution >= 0.6 is 0 Å². The third-order valence-electron chi connectivity index (χ3n) is 5.57. The second-order valence-electron chi connectivity index (χ2n) is 8.04. The lowest BCUT2D eigenvalue weighted by Crippen LogP contribution is -2.31. The first-order valence-corrected chi connectivity index (χ1v) is 11.4. The third kappa shape index (κ3) is 7.04. The van der Waals surface area contributed by atoms with Gasteiger partial charge in [0.1, 0.15) is 17.2 Å². The molecule has 31 heavy (non-hydrogen) atoms. The van der Waals surface area contributed by atoms with E-state index in [0.29, 0.717) is 0 Å².